The zero-order chi connectivity index (χ0) is 19.4. The van der Waals surface area contributed by atoms with E-state index in [4.69, 9.17) is 5.73 Å². The van der Waals surface area contributed by atoms with Crippen molar-refractivity contribution in [1.29, 1.82) is 0 Å². The molecule has 0 aliphatic rings. The minimum Gasteiger partial charge on any atom is -0.364 e. The first-order valence-corrected chi connectivity index (χ1v) is 9.51. The van der Waals surface area contributed by atoms with Crippen molar-refractivity contribution in [3.05, 3.63) is 68.6 Å². The fraction of sp³-hybridized carbons (Fsp3) is 0.0556. The summed E-state index contributed by atoms with van der Waals surface area (Å²) in [6, 6.07) is 10.6. The molecular formula is C18H15BrN4O3S. The highest BCUT2D eigenvalue weighted by molar-refractivity contribution is 9.10. The van der Waals surface area contributed by atoms with E-state index in [1.807, 2.05) is 24.3 Å². The van der Waals surface area contributed by atoms with Gasteiger partial charge in [-0.1, -0.05) is 28.1 Å². The summed E-state index contributed by atoms with van der Waals surface area (Å²) in [6.07, 6.45) is 1.67. The Morgan fingerprint density at radius 3 is 2.52 bits per heavy atom. The molecule has 0 aliphatic heterocycles. The number of H-pyrrole nitrogens is 1. The second-order valence-electron chi connectivity index (χ2n) is 5.64. The molecule has 5 N–H and O–H groups in total. The predicted molar refractivity (Wildman–Crippen MR) is 108 cm³/mol. The lowest BCUT2D eigenvalue weighted by atomic mass is 10.1. The van der Waals surface area contributed by atoms with Crippen LogP contribution in [0.5, 0.6) is 0 Å². The number of rotatable bonds is 6. The molecule has 1 aromatic carbocycles. The summed E-state index contributed by atoms with van der Waals surface area (Å²) in [5, 5.41) is 7.14. The Hall–Kier alpha value is -2.91. The number of amides is 3. The average molecular weight is 447 g/mol. The summed E-state index contributed by atoms with van der Waals surface area (Å²) in [6.45, 7) is 0. The van der Waals surface area contributed by atoms with Crippen LogP contribution < -0.4 is 16.4 Å². The van der Waals surface area contributed by atoms with Crippen LogP contribution in [-0.2, 0) is 11.2 Å². The summed E-state index contributed by atoms with van der Waals surface area (Å²) in [5.74, 6) is -1.23. The lowest BCUT2D eigenvalue weighted by molar-refractivity contribution is -0.115. The van der Waals surface area contributed by atoms with Crippen molar-refractivity contribution in [3.8, 4) is 0 Å². The van der Waals surface area contributed by atoms with Crippen LogP contribution in [0.25, 0.3) is 0 Å². The van der Waals surface area contributed by atoms with Crippen molar-refractivity contribution < 1.29 is 14.4 Å². The molecule has 0 fully saturated rings. The standard InChI is InChI=1S/C18H15BrN4O3S/c19-11-3-1-10(2-4-11)7-15(24)23-13-5-6-27-16(13)18(26)22-12-8-14(17(20)25)21-9-12/h1-6,8-9,21H,7H2,(H2,20,25)(H,22,26)(H,23,24). The van der Waals surface area contributed by atoms with E-state index in [9.17, 15) is 14.4 Å². The van der Waals surface area contributed by atoms with Crippen LogP contribution in [0.1, 0.15) is 25.7 Å². The third-order valence-corrected chi connectivity index (χ3v) is 5.07. The van der Waals surface area contributed by atoms with Gasteiger partial charge >= 0.3 is 0 Å². The van der Waals surface area contributed by atoms with Crippen molar-refractivity contribution in [2.24, 2.45) is 5.73 Å². The molecule has 2 heterocycles. The number of carbonyl (C=O) groups is 3. The molecule has 138 valence electrons. The fourth-order valence-corrected chi connectivity index (χ4v) is 3.37. The van der Waals surface area contributed by atoms with Crippen molar-refractivity contribution in [3.63, 3.8) is 0 Å². The molecule has 27 heavy (non-hydrogen) atoms. The zero-order valence-electron chi connectivity index (χ0n) is 13.9. The molecule has 0 atom stereocenters. The Kier molecular flexibility index (Phi) is 5.72. The first-order valence-electron chi connectivity index (χ1n) is 7.84. The number of nitrogens with two attached hydrogens (primary N) is 1. The van der Waals surface area contributed by atoms with Gasteiger partial charge in [0.25, 0.3) is 11.8 Å². The number of halogens is 1. The van der Waals surface area contributed by atoms with Crippen molar-refractivity contribution in [2.45, 2.75) is 6.42 Å². The summed E-state index contributed by atoms with van der Waals surface area (Å²) >= 11 is 4.56. The largest absolute Gasteiger partial charge is 0.364 e. The number of primary amides is 1. The lowest BCUT2D eigenvalue weighted by Gasteiger charge is -2.07. The Morgan fingerprint density at radius 2 is 1.85 bits per heavy atom. The van der Waals surface area contributed by atoms with Crippen molar-refractivity contribution >= 4 is 56.4 Å². The number of carbonyl (C=O) groups excluding carboxylic acids is 3. The van der Waals surface area contributed by atoms with E-state index in [0.29, 0.717) is 16.3 Å². The number of aromatic amines is 1. The quantitative estimate of drug-likeness (QED) is 0.464. The third kappa shape index (κ3) is 4.83. The van der Waals surface area contributed by atoms with Crippen LogP contribution in [-0.4, -0.2) is 22.7 Å². The SMILES string of the molecule is NC(=O)c1cc(NC(=O)c2sccc2NC(=O)Cc2ccc(Br)cc2)c[nH]1. The molecule has 3 amide bonds. The van der Waals surface area contributed by atoms with Gasteiger partial charge in [0.15, 0.2) is 0 Å². The van der Waals surface area contributed by atoms with Gasteiger partial charge in [-0.05, 0) is 35.2 Å². The molecule has 9 heteroatoms. The van der Waals surface area contributed by atoms with Gasteiger partial charge in [0.2, 0.25) is 5.91 Å². The Bertz CT molecular complexity index is 994. The summed E-state index contributed by atoms with van der Waals surface area (Å²) < 4.78 is 0.938. The monoisotopic (exact) mass is 446 g/mol. The Balaban J connectivity index is 1.65. The highest BCUT2D eigenvalue weighted by atomic mass is 79.9. The van der Waals surface area contributed by atoms with Crippen LogP contribution in [0.2, 0.25) is 0 Å². The molecule has 0 saturated heterocycles. The van der Waals surface area contributed by atoms with E-state index in [2.05, 4.69) is 31.5 Å². The van der Waals surface area contributed by atoms with E-state index < -0.39 is 5.91 Å². The van der Waals surface area contributed by atoms with Gasteiger partial charge in [-0.25, -0.2) is 0 Å². The minimum atomic E-state index is -0.618. The normalized spacial score (nSPS) is 10.4. The topological polar surface area (TPSA) is 117 Å². The minimum absolute atomic E-state index is 0.194. The third-order valence-electron chi connectivity index (χ3n) is 3.63. The molecule has 0 radical (unpaired) electrons. The van der Waals surface area contributed by atoms with Crippen LogP contribution >= 0.6 is 27.3 Å². The first kappa shape index (κ1) is 18.9. The van der Waals surface area contributed by atoms with E-state index >= 15 is 0 Å². The van der Waals surface area contributed by atoms with Gasteiger partial charge in [-0.3, -0.25) is 14.4 Å². The van der Waals surface area contributed by atoms with Gasteiger partial charge < -0.3 is 21.4 Å². The second kappa shape index (κ2) is 8.19. The Morgan fingerprint density at radius 1 is 1.11 bits per heavy atom. The second-order valence-corrected chi connectivity index (χ2v) is 7.47. The first-order chi connectivity index (χ1) is 12.9. The predicted octanol–water partition coefficient (Wildman–Crippen LogP) is 3.37. The van der Waals surface area contributed by atoms with Gasteiger partial charge in [-0.2, -0.15) is 0 Å². The van der Waals surface area contributed by atoms with E-state index in [0.717, 1.165) is 10.0 Å². The van der Waals surface area contributed by atoms with Gasteiger partial charge in [0.1, 0.15) is 10.6 Å². The maximum Gasteiger partial charge on any atom is 0.267 e. The molecule has 0 bridgehead atoms. The number of aromatic nitrogens is 1. The highest BCUT2D eigenvalue weighted by Crippen LogP contribution is 2.24. The molecular weight excluding hydrogens is 432 g/mol. The lowest BCUT2D eigenvalue weighted by Crippen LogP contribution is -2.17. The van der Waals surface area contributed by atoms with E-state index in [-0.39, 0.29) is 23.9 Å². The number of nitrogens with one attached hydrogen (secondary N) is 3. The highest BCUT2D eigenvalue weighted by Gasteiger charge is 2.16. The van der Waals surface area contributed by atoms with Crippen LogP contribution in [0, 0.1) is 0 Å². The fourth-order valence-electron chi connectivity index (χ4n) is 2.36. The molecule has 0 saturated carbocycles. The van der Waals surface area contributed by atoms with Gasteiger partial charge in [-0.15, -0.1) is 11.3 Å². The smallest absolute Gasteiger partial charge is 0.267 e. The maximum absolute atomic E-state index is 12.5. The average Bonchev–Trinajstić information content (AvgIpc) is 3.26. The molecule has 0 unspecified atom stereocenters. The number of thiophene rings is 1. The van der Waals surface area contributed by atoms with Crippen molar-refractivity contribution in [1.82, 2.24) is 4.98 Å². The van der Waals surface area contributed by atoms with Crippen LogP contribution in [0.4, 0.5) is 11.4 Å². The molecule has 3 aromatic rings. The number of benzene rings is 1. The van der Waals surface area contributed by atoms with Gasteiger partial charge in [0, 0.05) is 10.7 Å². The summed E-state index contributed by atoms with van der Waals surface area (Å²) in [5.41, 5.74) is 7.08. The Labute approximate surface area is 167 Å². The summed E-state index contributed by atoms with van der Waals surface area (Å²) in [7, 11) is 0. The zero-order valence-corrected chi connectivity index (χ0v) is 16.3. The van der Waals surface area contributed by atoms with Crippen LogP contribution in [0.3, 0.4) is 0 Å². The van der Waals surface area contributed by atoms with Crippen molar-refractivity contribution in [2.75, 3.05) is 10.6 Å². The molecule has 0 spiro atoms. The van der Waals surface area contributed by atoms with Crippen LogP contribution in [0.15, 0.2) is 52.4 Å². The molecule has 0 aliphatic carbocycles. The van der Waals surface area contributed by atoms with Gasteiger partial charge in [0.05, 0.1) is 17.8 Å². The number of hydrogen-bond acceptors (Lipinski definition) is 4. The summed E-state index contributed by atoms with van der Waals surface area (Å²) in [4.78, 5) is 38.9. The molecule has 3 rings (SSSR count). The number of anilines is 2. The maximum atomic E-state index is 12.5. The van der Waals surface area contributed by atoms with E-state index in [1.165, 1.54) is 23.6 Å². The molecule has 2 aromatic heterocycles. The number of hydrogen-bond donors (Lipinski definition) is 4. The molecule has 7 nitrogen and oxygen atoms in total. The van der Waals surface area contributed by atoms with E-state index in [1.54, 1.807) is 11.4 Å².